The van der Waals surface area contributed by atoms with Gasteiger partial charge < -0.3 is 5.11 Å². The fourth-order valence-electron chi connectivity index (χ4n) is 10.9. The number of fused-ring (bicyclic) bond motifs is 6. The first kappa shape index (κ1) is 24.1. The molecule has 2 nitrogen and oxygen atoms in total. The van der Waals surface area contributed by atoms with Crippen LogP contribution in [0.3, 0.4) is 0 Å². The Bertz CT molecular complexity index is 981. The monoisotopic (exact) mass is 476 g/mol. The molecule has 8 unspecified atom stereocenters. The van der Waals surface area contributed by atoms with Gasteiger partial charge in [-0.1, -0.05) is 45.7 Å². The van der Waals surface area contributed by atoms with Crippen molar-refractivity contribution in [3.05, 3.63) is 34.9 Å². The number of carbonyl (C=O) groups is 1. The Morgan fingerprint density at radius 3 is 2.60 bits per heavy atom. The molecule has 0 amide bonds. The summed E-state index contributed by atoms with van der Waals surface area (Å²) in [5, 5.41) is 9.72. The van der Waals surface area contributed by atoms with Gasteiger partial charge in [0.1, 0.15) is 0 Å². The predicted molar refractivity (Wildman–Crippen MR) is 143 cm³/mol. The maximum absolute atomic E-state index is 11.8. The second-order valence-electron chi connectivity index (χ2n) is 14.4. The molecule has 5 aliphatic carbocycles. The molecule has 0 aliphatic heterocycles. The molecule has 1 N–H and O–H groups in total. The van der Waals surface area contributed by atoms with E-state index in [1.807, 2.05) is 12.1 Å². The van der Waals surface area contributed by atoms with Gasteiger partial charge in [0.05, 0.1) is 5.56 Å². The summed E-state index contributed by atoms with van der Waals surface area (Å²) in [6.07, 6.45) is 20.7. The molecule has 0 radical (unpaired) electrons. The van der Waals surface area contributed by atoms with Crippen molar-refractivity contribution in [2.24, 2.45) is 45.8 Å². The number of aryl methyl sites for hydroxylation is 1. The summed E-state index contributed by atoms with van der Waals surface area (Å²) < 4.78 is 0. The fraction of sp³-hybridized carbons (Fsp3) is 0.788. The molecule has 1 aromatic carbocycles. The zero-order valence-electron chi connectivity index (χ0n) is 22.6. The average molecular weight is 477 g/mol. The lowest BCUT2D eigenvalue weighted by molar-refractivity contribution is -0.124. The van der Waals surface area contributed by atoms with Crippen molar-refractivity contribution in [2.75, 3.05) is 0 Å². The van der Waals surface area contributed by atoms with Crippen LogP contribution in [0.5, 0.6) is 0 Å². The second-order valence-corrected chi connectivity index (χ2v) is 14.4. The highest BCUT2D eigenvalue weighted by Gasteiger charge is 2.62. The van der Waals surface area contributed by atoms with E-state index in [0.29, 0.717) is 27.7 Å². The van der Waals surface area contributed by atoms with Crippen LogP contribution in [0, 0.1) is 45.8 Å². The standard InChI is InChI=1S/C33H48O2/c1-31(18-14-22-10-11-23-7-6-9-25(30(34)35)27(23)21-22)19-15-29-26-13-12-24-8-4-5-17-32(24,2)28(26)16-20-33(29,31)3/h6-7,9,22,24,26,28-29H,4-5,8,10-21H2,1-3H3,(H,34,35). The summed E-state index contributed by atoms with van der Waals surface area (Å²) >= 11 is 0. The van der Waals surface area contributed by atoms with E-state index in [-0.39, 0.29) is 0 Å². The maximum atomic E-state index is 11.8. The number of carboxylic acid groups (broad SMARTS) is 1. The largest absolute Gasteiger partial charge is 0.478 e. The lowest BCUT2D eigenvalue weighted by Crippen LogP contribution is -2.54. The molecule has 35 heavy (non-hydrogen) atoms. The van der Waals surface area contributed by atoms with Crippen LogP contribution in [0.1, 0.15) is 126 Å². The first-order valence-corrected chi connectivity index (χ1v) is 15.1. The van der Waals surface area contributed by atoms with E-state index in [0.717, 1.165) is 42.1 Å². The molecule has 0 saturated heterocycles. The number of carboxylic acids is 1. The van der Waals surface area contributed by atoms with Crippen molar-refractivity contribution in [3.8, 4) is 0 Å². The Hall–Kier alpha value is -1.31. The van der Waals surface area contributed by atoms with Gasteiger partial charge in [-0.3, -0.25) is 0 Å². The van der Waals surface area contributed by atoms with E-state index in [1.54, 1.807) is 0 Å². The Morgan fingerprint density at radius 1 is 0.943 bits per heavy atom. The van der Waals surface area contributed by atoms with Crippen LogP contribution < -0.4 is 0 Å². The van der Waals surface area contributed by atoms with Gasteiger partial charge >= 0.3 is 5.97 Å². The summed E-state index contributed by atoms with van der Waals surface area (Å²) in [7, 11) is 0. The topological polar surface area (TPSA) is 37.3 Å². The molecule has 4 fully saturated rings. The van der Waals surface area contributed by atoms with E-state index < -0.39 is 5.97 Å². The average Bonchev–Trinajstić information content (AvgIpc) is 3.12. The van der Waals surface area contributed by atoms with Crippen LogP contribution in [0.25, 0.3) is 0 Å². The normalized spacial score (nSPS) is 44.6. The Morgan fingerprint density at radius 2 is 1.77 bits per heavy atom. The quantitative estimate of drug-likeness (QED) is 0.472. The van der Waals surface area contributed by atoms with Crippen molar-refractivity contribution < 1.29 is 9.90 Å². The van der Waals surface area contributed by atoms with Gasteiger partial charge in [-0.15, -0.1) is 0 Å². The molecular weight excluding hydrogens is 428 g/mol. The summed E-state index contributed by atoms with van der Waals surface area (Å²) in [6, 6.07) is 5.90. The van der Waals surface area contributed by atoms with E-state index >= 15 is 0 Å². The van der Waals surface area contributed by atoms with Crippen LogP contribution in [-0.4, -0.2) is 11.1 Å². The van der Waals surface area contributed by atoms with Gasteiger partial charge in [0.25, 0.3) is 0 Å². The van der Waals surface area contributed by atoms with Crippen LogP contribution in [-0.2, 0) is 12.8 Å². The summed E-state index contributed by atoms with van der Waals surface area (Å²) in [5.41, 5.74) is 4.57. The third-order valence-electron chi connectivity index (χ3n) is 13.3. The van der Waals surface area contributed by atoms with Gasteiger partial charge in [0, 0.05) is 0 Å². The van der Waals surface area contributed by atoms with Crippen molar-refractivity contribution in [1.29, 1.82) is 0 Å². The molecule has 0 spiro atoms. The SMILES string of the molecule is CC12CCCCC1CCC1C2CCC2(C)C1CCC2(C)CCC1CCc2cccc(C(=O)O)c2C1. The molecule has 0 bridgehead atoms. The van der Waals surface area contributed by atoms with Crippen molar-refractivity contribution in [1.82, 2.24) is 0 Å². The van der Waals surface area contributed by atoms with Gasteiger partial charge in [-0.2, -0.15) is 0 Å². The molecule has 4 saturated carbocycles. The van der Waals surface area contributed by atoms with Gasteiger partial charge in [0.15, 0.2) is 0 Å². The second kappa shape index (κ2) is 8.63. The highest BCUT2D eigenvalue weighted by Crippen LogP contribution is 2.71. The Kier molecular flexibility index (Phi) is 5.93. The van der Waals surface area contributed by atoms with Crippen molar-refractivity contribution in [3.63, 3.8) is 0 Å². The minimum atomic E-state index is -0.751. The van der Waals surface area contributed by atoms with E-state index in [9.17, 15) is 9.90 Å². The van der Waals surface area contributed by atoms with Crippen LogP contribution in [0.15, 0.2) is 18.2 Å². The van der Waals surface area contributed by atoms with Crippen LogP contribution >= 0.6 is 0 Å². The Labute approximate surface area is 213 Å². The summed E-state index contributed by atoms with van der Waals surface area (Å²) in [4.78, 5) is 11.8. The molecule has 8 atom stereocenters. The molecule has 1 aromatic rings. The van der Waals surface area contributed by atoms with Crippen LogP contribution in [0.4, 0.5) is 0 Å². The molecule has 0 aromatic heterocycles. The predicted octanol–water partition coefficient (Wildman–Crippen LogP) is 8.71. The third kappa shape index (κ3) is 3.66. The summed E-state index contributed by atoms with van der Waals surface area (Å²) in [5.74, 6) is 3.83. The lowest BCUT2D eigenvalue weighted by atomic mass is 9.43. The first-order valence-electron chi connectivity index (χ1n) is 15.1. The van der Waals surface area contributed by atoms with E-state index in [1.165, 1.54) is 89.0 Å². The maximum Gasteiger partial charge on any atom is 0.335 e. The molecule has 192 valence electrons. The number of benzene rings is 1. The zero-order valence-corrected chi connectivity index (χ0v) is 22.6. The first-order chi connectivity index (χ1) is 16.8. The fourth-order valence-corrected chi connectivity index (χ4v) is 10.9. The number of aromatic carboxylic acids is 1. The number of hydrogen-bond donors (Lipinski definition) is 1. The molecule has 6 rings (SSSR count). The minimum absolute atomic E-state index is 0.458. The van der Waals surface area contributed by atoms with Gasteiger partial charge in [-0.25, -0.2) is 4.79 Å². The van der Waals surface area contributed by atoms with Crippen LogP contribution in [0.2, 0.25) is 0 Å². The highest BCUT2D eigenvalue weighted by atomic mass is 16.4. The van der Waals surface area contributed by atoms with E-state index in [4.69, 9.17) is 0 Å². The third-order valence-corrected chi connectivity index (χ3v) is 13.3. The summed E-state index contributed by atoms with van der Waals surface area (Å²) in [6.45, 7) is 8.06. The number of rotatable bonds is 4. The number of hydrogen-bond acceptors (Lipinski definition) is 1. The van der Waals surface area contributed by atoms with Gasteiger partial charge in [-0.05, 0) is 146 Å². The molecule has 5 aliphatic rings. The zero-order chi connectivity index (χ0) is 24.4. The molecule has 0 heterocycles. The smallest absolute Gasteiger partial charge is 0.335 e. The highest BCUT2D eigenvalue weighted by molar-refractivity contribution is 5.89. The Balaban J connectivity index is 1.16. The van der Waals surface area contributed by atoms with Gasteiger partial charge in [0.2, 0.25) is 0 Å². The minimum Gasteiger partial charge on any atom is -0.478 e. The van der Waals surface area contributed by atoms with E-state index in [2.05, 4.69) is 26.8 Å². The molecule has 2 heteroatoms. The van der Waals surface area contributed by atoms with Crippen molar-refractivity contribution >= 4 is 5.97 Å². The molecular formula is C33H48O2. The lowest BCUT2D eigenvalue weighted by Gasteiger charge is -2.62. The van der Waals surface area contributed by atoms with Crippen molar-refractivity contribution in [2.45, 2.75) is 117 Å².